The van der Waals surface area contributed by atoms with Crippen LogP contribution in [0.2, 0.25) is 5.02 Å². The summed E-state index contributed by atoms with van der Waals surface area (Å²) in [7, 11) is 0. The normalized spacial score (nSPS) is 10.6. The smallest absolute Gasteiger partial charge is 0.227 e. The molecule has 2 aromatic rings. The Kier molecular flexibility index (Phi) is 3.54. The highest BCUT2D eigenvalue weighted by atomic mass is 35.5. The summed E-state index contributed by atoms with van der Waals surface area (Å²) in [5.74, 6) is 1.21. The highest BCUT2D eigenvalue weighted by Gasteiger charge is 2.07. The topological polar surface area (TPSA) is 64.9 Å². The summed E-state index contributed by atoms with van der Waals surface area (Å²) in [5.41, 5.74) is 6.30. The lowest BCUT2D eigenvalue weighted by atomic mass is 10.2. The average Bonchev–Trinajstić information content (AvgIpc) is 2.76. The Morgan fingerprint density at radius 1 is 1.25 bits per heavy atom. The first-order valence-corrected chi connectivity index (χ1v) is 5.46. The molecular formula is C11H12ClN3O. The van der Waals surface area contributed by atoms with Gasteiger partial charge in [0.1, 0.15) is 0 Å². The van der Waals surface area contributed by atoms with Crippen LogP contribution in [0.15, 0.2) is 28.8 Å². The van der Waals surface area contributed by atoms with Gasteiger partial charge in [-0.1, -0.05) is 16.8 Å². The highest BCUT2D eigenvalue weighted by molar-refractivity contribution is 6.30. The molecule has 16 heavy (non-hydrogen) atoms. The van der Waals surface area contributed by atoms with Gasteiger partial charge in [0.25, 0.3) is 0 Å². The van der Waals surface area contributed by atoms with Crippen molar-refractivity contribution in [3.63, 3.8) is 0 Å². The van der Waals surface area contributed by atoms with E-state index in [0.29, 0.717) is 23.3 Å². The zero-order valence-electron chi connectivity index (χ0n) is 8.69. The van der Waals surface area contributed by atoms with Gasteiger partial charge in [-0.2, -0.15) is 4.98 Å². The monoisotopic (exact) mass is 237 g/mol. The summed E-state index contributed by atoms with van der Waals surface area (Å²) in [6.07, 6.45) is 1.57. The molecule has 1 aromatic carbocycles. The molecule has 5 heteroatoms. The number of benzene rings is 1. The van der Waals surface area contributed by atoms with Gasteiger partial charge in [-0.25, -0.2) is 0 Å². The van der Waals surface area contributed by atoms with Gasteiger partial charge >= 0.3 is 0 Å². The fourth-order valence-electron chi connectivity index (χ4n) is 1.33. The molecule has 0 bridgehead atoms. The zero-order chi connectivity index (χ0) is 11.4. The van der Waals surface area contributed by atoms with Crippen molar-refractivity contribution in [3.05, 3.63) is 35.2 Å². The van der Waals surface area contributed by atoms with Crippen LogP contribution in [0.4, 0.5) is 0 Å². The number of aryl methyl sites for hydroxylation is 1. The van der Waals surface area contributed by atoms with Gasteiger partial charge in [0, 0.05) is 17.0 Å². The predicted molar refractivity (Wildman–Crippen MR) is 62.1 cm³/mol. The van der Waals surface area contributed by atoms with E-state index >= 15 is 0 Å². The van der Waals surface area contributed by atoms with Crippen molar-refractivity contribution in [2.24, 2.45) is 5.73 Å². The highest BCUT2D eigenvalue weighted by Crippen LogP contribution is 2.18. The van der Waals surface area contributed by atoms with Crippen LogP contribution < -0.4 is 5.73 Å². The molecule has 0 aliphatic heterocycles. The first kappa shape index (κ1) is 11.1. The lowest BCUT2D eigenvalue weighted by molar-refractivity contribution is 0.376. The maximum absolute atomic E-state index is 5.79. The van der Waals surface area contributed by atoms with Crippen molar-refractivity contribution in [3.8, 4) is 11.4 Å². The van der Waals surface area contributed by atoms with Crippen molar-refractivity contribution in [1.82, 2.24) is 10.1 Å². The second kappa shape index (κ2) is 5.09. The number of hydrogen-bond acceptors (Lipinski definition) is 4. The number of nitrogens with two attached hydrogens (primary N) is 1. The van der Waals surface area contributed by atoms with E-state index in [1.54, 1.807) is 12.1 Å². The lowest BCUT2D eigenvalue weighted by Gasteiger charge is -1.93. The second-order valence-corrected chi connectivity index (χ2v) is 3.85. The molecule has 0 aliphatic carbocycles. The van der Waals surface area contributed by atoms with Gasteiger partial charge in [-0.3, -0.25) is 0 Å². The molecule has 0 unspecified atom stereocenters. The maximum Gasteiger partial charge on any atom is 0.227 e. The molecule has 4 nitrogen and oxygen atoms in total. The first-order chi connectivity index (χ1) is 7.79. The number of halogens is 1. The second-order valence-electron chi connectivity index (χ2n) is 3.41. The van der Waals surface area contributed by atoms with Crippen LogP contribution in [0.25, 0.3) is 11.4 Å². The third-order valence-corrected chi connectivity index (χ3v) is 2.42. The van der Waals surface area contributed by atoms with Gasteiger partial charge < -0.3 is 10.3 Å². The fourth-order valence-corrected chi connectivity index (χ4v) is 1.45. The Hall–Kier alpha value is -1.39. The minimum atomic E-state index is 0.587. The Morgan fingerprint density at radius 3 is 2.69 bits per heavy atom. The van der Waals surface area contributed by atoms with Crippen LogP contribution >= 0.6 is 11.6 Å². The minimum absolute atomic E-state index is 0.587. The van der Waals surface area contributed by atoms with Crippen molar-refractivity contribution in [2.45, 2.75) is 12.8 Å². The SMILES string of the molecule is NCCCc1nc(-c2ccc(Cl)cc2)no1. The molecule has 0 spiro atoms. The summed E-state index contributed by atoms with van der Waals surface area (Å²) < 4.78 is 5.10. The van der Waals surface area contributed by atoms with Crippen LogP contribution in [-0.2, 0) is 6.42 Å². The van der Waals surface area contributed by atoms with Crippen molar-refractivity contribution >= 4 is 11.6 Å². The maximum atomic E-state index is 5.79. The molecule has 2 rings (SSSR count). The molecule has 2 N–H and O–H groups in total. The Balaban J connectivity index is 2.15. The number of aromatic nitrogens is 2. The Morgan fingerprint density at radius 2 is 2.00 bits per heavy atom. The molecule has 0 saturated carbocycles. The lowest BCUT2D eigenvalue weighted by Crippen LogP contribution is -2.00. The third-order valence-electron chi connectivity index (χ3n) is 2.17. The number of nitrogens with zero attached hydrogens (tertiary/aromatic N) is 2. The molecule has 0 atom stereocenters. The molecule has 0 radical (unpaired) electrons. The van der Waals surface area contributed by atoms with Gasteiger partial charge in [0.2, 0.25) is 11.7 Å². The average molecular weight is 238 g/mol. The minimum Gasteiger partial charge on any atom is -0.339 e. The third kappa shape index (κ3) is 2.59. The van der Waals surface area contributed by atoms with Gasteiger partial charge in [0.15, 0.2) is 0 Å². The first-order valence-electron chi connectivity index (χ1n) is 5.08. The molecule has 0 amide bonds. The Bertz CT molecular complexity index is 453. The summed E-state index contributed by atoms with van der Waals surface area (Å²) in [4.78, 5) is 4.27. The number of hydrogen-bond donors (Lipinski definition) is 1. The molecule has 1 heterocycles. The summed E-state index contributed by atoms with van der Waals surface area (Å²) in [6, 6.07) is 7.32. The van der Waals surface area contributed by atoms with E-state index in [4.69, 9.17) is 21.9 Å². The molecular weight excluding hydrogens is 226 g/mol. The molecule has 0 fully saturated rings. The van der Waals surface area contributed by atoms with E-state index < -0.39 is 0 Å². The Labute approximate surface area is 98.4 Å². The van der Waals surface area contributed by atoms with Crippen LogP contribution in [-0.4, -0.2) is 16.7 Å². The van der Waals surface area contributed by atoms with Crippen LogP contribution in [0.5, 0.6) is 0 Å². The molecule has 84 valence electrons. The summed E-state index contributed by atoms with van der Waals surface area (Å²) in [5, 5.41) is 4.59. The van der Waals surface area contributed by atoms with Crippen molar-refractivity contribution in [1.29, 1.82) is 0 Å². The molecule has 0 saturated heterocycles. The van der Waals surface area contributed by atoms with E-state index in [9.17, 15) is 0 Å². The van der Waals surface area contributed by atoms with Crippen LogP contribution in [0.3, 0.4) is 0 Å². The fraction of sp³-hybridized carbons (Fsp3) is 0.273. The van der Waals surface area contributed by atoms with Gasteiger partial charge in [0.05, 0.1) is 0 Å². The van der Waals surface area contributed by atoms with Gasteiger partial charge in [-0.05, 0) is 37.2 Å². The summed E-state index contributed by atoms with van der Waals surface area (Å²) in [6.45, 7) is 0.624. The summed E-state index contributed by atoms with van der Waals surface area (Å²) >= 11 is 5.79. The van der Waals surface area contributed by atoms with Gasteiger partial charge in [-0.15, -0.1) is 0 Å². The molecule has 0 aliphatic rings. The molecule has 1 aromatic heterocycles. The van der Waals surface area contributed by atoms with E-state index in [0.717, 1.165) is 18.4 Å². The largest absolute Gasteiger partial charge is 0.339 e. The number of rotatable bonds is 4. The van der Waals surface area contributed by atoms with E-state index in [2.05, 4.69) is 10.1 Å². The van der Waals surface area contributed by atoms with E-state index in [1.165, 1.54) is 0 Å². The van der Waals surface area contributed by atoms with Crippen molar-refractivity contribution < 1.29 is 4.52 Å². The predicted octanol–water partition coefficient (Wildman–Crippen LogP) is 2.28. The van der Waals surface area contributed by atoms with Crippen LogP contribution in [0.1, 0.15) is 12.3 Å². The van der Waals surface area contributed by atoms with Crippen molar-refractivity contribution in [2.75, 3.05) is 6.54 Å². The van der Waals surface area contributed by atoms with E-state index in [-0.39, 0.29) is 0 Å². The van der Waals surface area contributed by atoms with E-state index in [1.807, 2.05) is 12.1 Å². The standard InChI is InChI=1S/C11H12ClN3O/c12-9-5-3-8(4-6-9)11-14-10(16-15-11)2-1-7-13/h3-6H,1-2,7,13H2. The zero-order valence-corrected chi connectivity index (χ0v) is 9.44. The van der Waals surface area contributed by atoms with Crippen LogP contribution in [0, 0.1) is 0 Å². The quantitative estimate of drug-likeness (QED) is 0.886.